The van der Waals surface area contributed by atoms with Crippen molar-refractivity contribution in [1.29, 1.82) is 0 Å². The van der Waals surface area contributed by atoms with Gasteiger partial charge in [0.1, 0.15) is 0 Å². The van der Waals surface area contributed by atoms with E-state index in [-0.39, 0.29) is 90.1 Å². The molecule has 0 atom stereocenters. The molecule has 15 nitrogen and oxygen atoms in total. The quantitative estimate of drug-likeness (QED) is 0.0751. The zero-order chi connectivity index (χ0) is 23.4. The topological polar surface area (TPSA) is 217 Å². The number of hydrogen-bond donors (Lipinski definition) is 2. The fraction of sp³-hybridized carbons (Fsp3) is 0.875. The number of azide groups is 2. The lowest BCUT2D eigenvalue weighted by Gasteiger charge is -2.20. The van der Waals surface area contributed by atoms with Crippen LogP contribution in [0.5, 0.6) is 0 Å². The van der Waals surface area contributed by atoms with Crippen LogP contribution >= 0.6 is 0 Å². The number of nitro groups is 1. The monoisotopic (exact) mass is 443 g/mol. The van der Waals surface area contributed by atoms with Crippen LogP contribution in [0, 0.1) is 10.1 Å². The van der Waals surface area contributed by atoms with Crippen LogP contribution in [0.15, 0.2) is 10.2 Å². The van der Waals surface area contributed by atoms with E-state index < -0.39 is 10.5 Å². The van der Waals surface area contributed by atoms with Crippen molar-refractivity contribution < 1.29 is 24.0 Å². The van der Waals surface area contributed by atoms with E-state index in [4.69, 9.17) is 20.5 Å². The predicted octanol–water partition coefficient (Wildman–Crippen LogP) is 1.47. The molecule has 0 unspecified atom stereocenters. The molecule has 2 amide bonds. The lowest BCUT2D eigenvalue weighted by molar-refractivity contribution is -0.567. The molecular weight excluding hydrogens is 414 g/mol. The highest BCUT2D eigenvalue weighted by molar-refractivity contribution is 5.76. The Kier molecular flexibility index (Phi) is 15.9. The van der Waals surface area contributed by atoms with Crippen LogP contribution in [-0.2, 0) is 19.1 Å². The largest absolute Gasteiger partial charge is 0.379 e. The number of nitrogens with zero attached hydrogens (tertiary/aromatic N) is 7. The van der Waals surface area contributed by atoms with E-state index >= 15 is 0 Å². The molecule has 0 aliphatic carbocycles. The van der Waals surface area contributed by atoms with Crippen LogP contribution in [0.1, 0.15) is 32.6 Å². The van der Waals surface area contributed by atoms with Crippen molar-refractivity contribution >= 4 is 11.8 Å². The molecule has 31 heavy (non-hydrogen) atoms. The highest BCUT2D eigenvalue weighted by atomic mass is 16.6. The standard InChI is InChI=1S/C16H29N9O6/c1-16(25(28)29,4-2-14(26)19-6-10-30-12-8-21-23-17)5-3-15(27)20-7-11-31-13-9-22-24-18/h2-13H2,1H3,(H,19,26)(H,20,27). The highest BCUT2D eigenvalue weighted by Gasteiger charge is 2.37. The molecule has 0 radical (unpaired) electrons. The summed E-state index contributed by atoms with van der Waals surface area (Å²) in [7, 11) is 0. The van der Waals surface area contributed by atoms with Crippen molar-refractivity contribution in [3.05, 3.63) is 31.0 Å². The van der Waals surface area contributed by atoms with Gasteiger partial charge in [0.15, 0.2) is 0 Å². The molecule has 15 heteroatoms. The maximum Gasteiger partial charge on any atom is 0.220 e. The van der Waals surface area contributed by atoms with Crippen LogP contribution in [0.2, 0.25) is 0 Å². The molecule has 174 valence electrons. The summed E-state index contributed by atoms with van der Waals surface area (Å²) < 4.78 is 10.3. The average molecular weight is 443 g/mol. The third-order valence-electron chi connectivity index (χ3n) is 4.16. The molecule has 0 fully saturated rings. The zero-order valence-corrected chi connectivity index (χ0v) is 17.6. The lowest BCUT2D eigenvalue weighted by Crippen LogP contribution is -2.39. The van der Waals surface area contributed by atoms with E-state index in [1.165, 1.54) is 6.92 Å². The number of hydrogen-bond acceptors (Lipinski definition) is 8. The van der Waals surface area contributed by atoms with Gasteiger partial charge in [-0.25, -0.2) is 0 Å². The minimum atomic E-state index is -1.41. The first-order valence-corrected chi connectivity index (χ1v) is 9.71. The Morgan fingerprint density at radius 3 is 1.71 bits per heavy atom. The maximum atomic E-state index is 11.9. The van der Waals surface area contributed by atoms with Crippen molar-refractivity contribution in [3.8, 4) is 0 Å². The SMILES string of the molecule is CC(CCC(=O)NCCOCCN=[N+]=[N-])(CCC(=O)NCCOCCN=[N+]=[N-])[N+](=O)[O-]. The first kappa shape index (κ1) is 27.9. The van der Waals surface area contributed by atoms with Crippen molar-refractivity contribution in [1.82, 2.24) is 10.6 Å². The molecule has 0 aliphatic heterocycles. The van der Waals surface area contributed by atoms with E-state index in [1.54, 1.807) is 0 Å². The summed E-state index contributed by atoms with van der Waals surface area (Å²) >= 11 is 0. The summed E-state index contributed by atoms with van der Waals surface area (Å²) in [5.41, 5.74) is 14.8. The second kappa shape index (κ2) is 17.7. The first-order valence-electron chi connectivity index (χ1n) is 9.71. The maximum absolute atomic E-state index is 11.9. The third kappa shape index (κ3) is 15.4. The Morgan fingerprint density at radius 2 is 1.35 bits per heavy atom. The summed E-state index contributed by atoms with van der Waals surface area (Å²) in [5.74, 6) is -0.705. The summed E-state index contributed by atoms with van der Waals surface area (Å²) in [6, 6.07) is 0. The molecule has 0 saturated carbocycles. The molecule has 0 bridgehead atoms. The second-order valence-corrected chi connectivity index (χ2v) is 6.59. The number of carbonyl (C=O) groups excluding carboxylic acids is 2. The van der Waals surface area contributed by atoms with Crippen LogP contribution in [0.25, 0.3) is 20.9 Å². The van der Waals surface area contributed by atoms with Gasteiger partial charge >= 0.3 is 0 Å². The van der Waals surface area contributed by atoms with E-state index in [0.717, 1.165) is 0 Å². The highest BCUT2D eigenvalue weighted by Crippen LogP contribution is 2.23. The Balaban J connectivity index is 4.09. The fourth-order valence-corrected chi connectivity index (χ4v) is 2.28. The molecule has 0 aromatic carbocycles. The van der Waals surface area contributed by atoms with Gasteiger partial charge < -0.3 is 20.1 Å². The minimum Gasteiger partial charge on any atom is -0.379 e. The molecular formula is C16H29N9O6. The van der Waals surface area contributed by atoms with Gasteiger partial charge in [-0.05, 0) is 11.1 Å². The van der Waals surface area contributed by atoms with Crippen molar-refractivity contribution in [3.63, 3.8) is 0 Å². The molecule has 0 rings (SSSR count). The molecule has 0 heterocycles. The van der Waals surface area contributed by atoms with Crippen molar-refractivity contribution in [2.24, 2.45) is 10.2 Å². The van der Waals surface area contributed by atoms with Gasteiger partial charge in [0.25, 0.3) is 0 Å². The molecule has 0 saturated heterocycles. The van der Waals surface area contributed by atoms with Gasteiger partial charge in [0.2, 0.25) is 17.4 Å². The summed E-state index contributed by atoms with van der Waals surface area (Å²) in [6.45, 7) is 3.21. The van der Waals surface area contributed by atoms with Gasteiger partial charge in [0.05, 0.1) is 26.4 Å². The molecule has 0 spiro atoms. The van der Waals surface area contributed by atoms with Gasteiger partial charge in [-0.2, -0.15) is 0 Å². The molecule has 0 aliphatic rings. The first-order chi connectivity index (χ1) is 14.9. The summed E-state index contributed by atoms with van der Waals surface area (Å²) in [6.07, 6.45) is -0.146. The Morgan fingerprint density at radius 1 is 0.935 bits per heavy atom. The number of carbonyl (C=O) groups is 2. The fourth-order valence-electron chi connectivity index (χ4n) is 2.28. The lowest BCUT2D eigenvalue weighted by atomic mass is 9.90. The Labute approximate surface area is 179 Å². The van der Waals surface area contributed by atoms with Crippen molar-refractivity contribution in [2.75, 3.05) is 52.6 Å². The number of ether oxygens (including phenoxy) is 2. The number of amides is 2. The normalized spacial score (nSPS) is 12.0. The van der Waals surface area contributed by atoms with Gasteiger partial charge in [-0.15, -0.1) is 0 Å². The van der Waals surface area contributed by atoms with Crippen LogP contribution in [0.4, 0.5) is 0 Å². The molecule has 0 aromatic rings. The van der Waals surface area contributed by atoms with E-state index in [1.807, 2.05) is 0 Å². The van der Waals surface area contributed by atoms with Gasteiger partial charge in [-0.1, -0.05) is 10.2 Å². The van der Waals surface area contributed by atoms with E-state index in [0.29, 0.717) is 0 Å². The number of rotatable bonds is 19. The van der Waals surface area contributed by atoms with Gasteiger partial charge in [-0.3, -0.25) is 19.7 Å². The predicted molar refractivity (Wildman–Crippen MR) is 110 cm³/mol. The Hall–Kier alpha value is -3.12. The summed E-state index contributed by atoms with van der Waals surface area (Å²) in [4.78, 5) is 39.9. The van der Waals surface area contributed by atoms with Crippen LogP contribution in [0.3, 0.4) is 0 Å². The number of nitrogens with one attached hydrogen (secondary N) is 2. The van der Waals surface area contributed by atoms with E-state index in [9.17, 15) is 19.7 Å². The molecule has 2 N–H and O–H groups in total. The van der Waals surface area contributed by atoms with Crippen LogP contribution in [-0.4, -0.2) is 74.9 Å². The second-order valence-electron chi connectivity index (χ2n) is 6.59. The smallest absolute Gasteiger partial charge is 0.220 e. The minimum absolute atomic E-state index is 0.0145. The van der Waals surface area contributed by atoms with E-state index in [2.05, 4.69) is 30.7 Å². The zero-order valence-electron chi connectivity index (χ0n) is 17.6. The Bertz CT molecular complexity index is 616. The van der Waals surface area contributed by atoms with Crippen molar-refractivity contribution in [2.45, 2.75) is 38.1 Å². The van der Waals surface area contributed by atoms with Crippen LogP contribution < -0.4 is 10.6 Å². The average Bonchev–Trinajstić information content (AvgIpc) is 2.75. The third-order valence-corrected chi connectivity index (χ3v) is 4.16. The van der Waals surface area contributed by atoms with Gasteiger partial charge in [0, 0.05) is 73.5 Å². The summed E-state index contributed by atoms with van der Waals surface area (Å²) in [5, 5.41) is 23.2. The molecule has 0 aromatic heterocycles.